The highest BCUT2D eigenvalue weighted by Gasteiger charge is 2.17. The van der Waals surface area contributed by atoms with Crippen LogP contribution in [0.2, 0.25) is 0 Å². The maximum Gasteiger partial charge on any atom is 0.197 e. The largest absolute Gasteiger partial charge is 0.497 e. The fourth-order valence-corrected chi connectivity index (χ4v) is 3.15. The van der Waals surface area contributed by atoms with E-state index in [1.54, 1.807) is 14.2 Å². The van der Waals surface area contributed by atoms with Gasteiger partial charge < -0.3 is 9.47 Å². The van der Waals surface area contributed by atoms with Gasteiger partial charge in [-0.15, -0.1) is 16.6 Å². The molecule has 0 aliphatic carbocycles. The highest BCUT2D eigenvalue weighted by atomic mass is 32.2. The van der Waals surface area contributed by atoms with Crippen LogP contribution in [0.15, 0.2) is 47.6 Å². The molecule has 0 atom stereocenters. The van der Waals surface area contributed by atoms with Crippen molar-refractivity contribution in [2.24, 2.45) is 0 Å². The maximum atomic E-state index is 5.42. The fourth-order valence-electron chi connectivity index (χ4n) is 2.52. The van der Waals surface area contributed by atoms with E-state index in [9.17, 15) is 0 Å². The molecule has 0 N–H and O–H groups in total. The van der Waals surface area contributed by atoms with E-state index in [2.05, 4.69) is 35.2 Å². The summed E-state index contributed by atoms with van der Waals surface area (Å²) in [6.45, 7) is 2.05. The normalized spacial score (nSPS) is 10.4. The molecule has 3 rings (SSSR count). The van der Waals surface area contributed by atoms with Gasteiger partial charge in [-0.25, -0.2) is 0 Å². The van der Waals surface area contributed by atoms with Gasteiger partial charge in [-0.05, 0) is 31.2 Å². The van der Waals surface area contributed by atoms with Gasteiger partial charge in [-0.3, -0.25) is 4.57 Å². The van der Waals surface area contributed by atoms with Crippen molar-refractivity contribution in [1.29, 1.82) is 0 Å². The molecule has 0 unspecified atom stereocenters. The standard InChI is InChI=1S/C20H19N3O2S/c1-5-10-26-20-22-21-19(23(20)16-8-6-14(2)7-9-16)15-11-17(24-3)13-18(12-15)25-4/h1,6-9,11-13H,10H2,2-4H3. The molecule has 1 heterocycles. The van der Waals surface area contributed by atoms with Gasteiger partial charge in [0.15, 0.2) is 11.0 Å². The summed E-state index contributed by atoms with van der Waals surface area (Å²) < 4.78 is 12.8. The summed E-state index contributed by atoms with van der Waals surface area (Å²) in [7, 11) is 3.24. The summed E-state index contributed by atoms with van der Waals surface area (Å²) in [5.41, 5.74) is 3.00. The maximum absolute atomic E-state index is 5.42. The molecule has 1 aromatic heterocycles. The lowest BCUT2D eigenvalue weighted by atomic mass is 10.1. The Hall–Kier alpha value is -2.91. The van der Waals surface area contributed by atoms with Crippen molar-refractivity contribution in [1.82, 2.24) is 14.8 Å². The lowest BCUT2D eigenvalue weighted by Crippen LogP contribution is -2.00. The van der Waals surface area contributed by atoms with Crippen molar-refractivity contribution >= 4 is 11.8 Å². The first-order chi connectivity index (χ1) is 12.7. The van der Waals surface area contributed by atoms with E-state index in [1.807, 2.05) is 34.9 Å². The van der Waals surface area contributed by atoms with E-state index < -0.39 is 0 Å². The number of rotatable bonds is 6. The molecule has 0 bridgehead atoms. The van der Waals surface area contributed by atoms with Crippen LogP contribution < -0.4 is 9.47 Å². The number of benzene rings is 2. The van der Waals surface area contributed by atoms with Crippen LogP contribution in [0.4, 0.5) is 0 Å². The van der Waals surface area contributed by atoms with Gasteiger partial charge in [0.2, 0.25) is 0 Å². The number of thioether (sulfide) groups is 1. The van der Waals surface area contributed by atoms with Crippen molar-refractivity contribution in [2.75, 3.05) is 20.0 Å². The molecule has 0 saturated carbocycles. The highest BCUT2D eigenvalue weighted by Crippen LogP contribution is 2.32. The minimum atomic E-state index is 0.519. The van der Waals surface area contributed by atoms with Crippen LogP contribution in [-0.4, -0.2) is 34.7 Å². The molecule has 0 fully saturated rings. The van der Waals surface area contributed by atoms with Crippen molar-refractivity contribution in [3.8, 4) is 40.9 Å². The van der Waals surface area contributed by atoms with E-state index in [1.165, 1.54) is 17.3 Å². The summed E-state index contributed by atoms with van der Waals surface area (Å²) in [5, 5.41) is 9.48. The molecule has 0 saturated heterocycles. The van der Waals surface area contributed by atoms with Gasteiger partial charge in [0.25, 0.3) is 0 Å². The molecule has 2 aromatic carbocycles. The second-order valence-corrected chi connectivity index (χ2v) is 6.51. The third-order valence-electron chi connectivity index (χ3n) is 3.82. The molecular formula is C20H19N3O2S. The average molecular weight is 365 g/mol. The van der Waals surface area contributed by atoms with Crippen molar-refractivity contribution < 1.29 is 9.47 Å². The van der Waals surface area contributed by atoms with Crippen LogP contribution in [0.3, 0.4) is 0 Å². The van der Waals surface area contributed by atoms with Crippen LogP contribution in [-0.2, 0) is 0 Å². The molecule has 0 aliphatic heterocycles. The van der Waals surface area contributed by atoms with Crippen LogP contribution in [0.1, 0.15) is 5.56 Å². The van der Waals surface area contributed by atoms with E-state index in [0.717, 1.165) is 16.4 Å². The minimum absolute atomic E-state index is 0.519. The third-order valence-corrected chi connectivity index (χ3v) is 4.65. The summed E-state index contributed by atoms with van der Waals surface area (Å²) in [5.74, 6) is 5.23. The highest BCUT2D eigenvalue weighted by molar-refractivity contribution is 7.99. The van der Waals surface area contributed by atoms with E-state index in [-0.39, 0.29) is 0 Å². The van der Waals surface area contributed by atoms with Crippen LogP contribution in [0.5, 0.6) is 11.5 Å². The Labute approximate surface area is 157 Å². The average Bonchev–Trinajstić information content (AvgIpc) is 3.10. The topological polar surface area (TPSA) is 49.2 Å². The van der Waals surface area contributed by atoms with Crippen LogP contribution in [0, 0.1) is 19.3 Å². The van der Waals surface area contributed by atoms with Crippen molar-refractivity contribution in [3.63, 3.8) is 0 Å². The molecule has 6 heteroatoms. The number of hydrogen-bond donors (Lipinski definition) is 0. The van der Waals surface area contributed by atoms with Gasteiger partial charge in [0.1, 0.15) is 11.5 Å². The lowest BCUT2D eigenvalue weighted by molar-refractivity contribution is 0.394. The molecule has 0 spiro atoms. The zero-order valence-electron chi connectivity index (χ0n) is 14.9. The first-order valence-electron chi connectivity index (χ1n) is 7.98. The van der Waals surface area contributed by atoms with E-state index in [0.29, 0.717) is 23.1 Å². The number of methoxy groups -OCH3 is 2. The second kappa shape index (κ2) is 7.98. The molecule has 26 heavy (non-hydrogen) atoms. The zero-order valence-corrected chi connectivity index (χ0v) is 15.7. The van der Waals surface area contributed by atoms with E-state index >= 15 is 0 Å². The Balaban J connectivity index is 2.17. The van der Waals surface area contributed by atoms with Crippen molar-refractivity contribution in [3.05, 3.63) is 48.0 Å². The molecule has 0 radical (unpaired) electrons. The third kappa shape index (κ3) is 3.68. The van der Waals surface area contributed by atoms with Crippen molar-refractivity contribution in [2.45, 2.75) is 12.1 Å². The smallest absolute Gasteiger partial charge is 0.197 e. The zero-order chi connectivity index (χ0) is 18.5. The minimum Gasteiger partial charge on any atom is -0.497 e. The second-order valence-electron chi connectivity index (χ2n) is 5.57. The molecular weight excluding hydrogens is 346 g/mol. The molecule has 0 amide bonds. The summed E-state index contributed by atoms with van der Waals surface area (Å²) in [4.78, 5) is 0. The summed E-state index contributed by atoms with van der Waals surface area (Å²) in [6.07, 6.45) is 5.42. The Morgan fingerprint density at radius 1 is 1.04 bits per heavy atom. The monoisotopic (exact) mass is 365 g/mol. The van der Waals surface area contributed by atoms with Gasteiger partial charge in [-0.2, -0.15) is 0 Å². The number of nitrogens with zero attached hydrogens (tertiary/aromatic N) is 3. The lowest BCUT2D eigenvalue weighted by Gasteiger charge is -2.12. The summed E-state index contributed by atoms with van der Waals surface area (Å²) >= 11 is 1.47. The SMILES string of the molecule is C#CCSc1nnc(-c2cc(OC)cc(OC)c2)n1-c1ccc(C)cc1. The predicted molar refractivity (Wildman–Crippen MR) is 104 cm³/mol. The Bertz CT molecular complexity index is 920. The Morgan fingerprint density at radius 2 is 1.69 bits per heavy atom. The fraction of sp³-hybridized carbons (Fsp3) is 0.200. The molecule has 3 aromatic rings. The number of aryl methyl sites for hydroxylation is 1. The van der Waals surface area contributed by atoms with E-state index in [4.69, 9.17) is 15.9 Å². The molecule has 5 nitrogen and oxygen atoms in total. The van der Waals surface area contributed by atoms with Gasteiger partial charge >= 0.3 is 0 Å². The number of ether oxygens (including phenoxy) is 2. The van der Waals surface area contributed by atoms with Crippen LogP contribution in [0.25, 0.3) is 17.1 Å². The Kier molecular flexibility index (Phi) is 5.49. The summed E-state index contributed by atoms with van der Waals surface area (Å²) in [6, 6.07) is 13.8. The van der Waals surface area contributed by atoms with Gasteiger partial charge in [0, 0.05) is 17.3 Å². The number of hydrogen-bond acceptors (Lipinski definition) is 5. The van der Waals surface area contributed by atoms with Gasteiger partial charge in [0.05, 0.1) is 20.0 Å². The van der Waals surface area contributed by atoms with Crippen LogP contribution >= 0.6 is 11.8 Å². The quantitative estimate of drug-likeness (QED) is 0.488. The number of aromatic nitrogens is 3. The first-order valence-corrected chi connectivity index (χ1v) is 8.97. The predicted octanol–water partition coefficient (Wildman–Crippen LogP) is 3.99. The molecule has 132 valence electrons. The molecule has 0 aliphatic rings. The van der Waals surface area contributed by atoms with Gasteiger partial charge in [-0.1, -0.05) is 35.4 Å². The Morgan fingerprint density at radius 3 is 2.27 bits per heavy atom. The first kappa shape index (κ1) is 17.9. The number of terminal acetylenes is 1.